The molecule has 1 aliphatic rings. The standard InChI is InChI=1S/C13H19N3O3/c1-4-5-16-11(17)6-9(13(18)19)12(16)10-7-15(3)14-8(10)2/h7,9,12H,4-6H2,1-3H3,(H,18,19). The molecule has 1 aromatic rings. The molecule has 1 aromatic heterocycles. The SMILES string of the molecule is CCCN1C(=O)CC(C(=O)O)C1c1cn(C)nc1C. The first-order valence-corrected chi connectivity index (χ1v) is 6.48. The van der Waals surface area contributed by atoms with Crippen LogP contribution in [0.2, 0.25) is 0 Å². The van der Waals surface area contributed by atoms with Crippen molar-refractivity contribution in [3.63, 3.8) is 0 Å². The van der Waals surface area contributed by atoms with E-state index in [4.69, 9.17) is 0 Å². The Morgan fingerprint density at radius 3 is 2.74 bits per heavy atom. The Morgan fingerprint density at radius 1 is 1.58 bits per heavy atom. The molecular formula is C13H19N3O3. The first-order valence-electron chi connectivity index (χ1n) is 6.48. The lowest BCUT2D eigenvalue weighted by Gasteiger charge is -2.26. The van der Waals surface area contributed by atoms with E-state index in [0.29, 0.717) is 6.54 Å². The number of hydrogen-bond acceptors (Lipinski definition) is 3. The maximum absolute atomic E-state index is 12.0. The van der Waals surface area contributed by atoms with Crippen LogP contribution in [0.15, 0.2) is 6.20 Å². The Bertz CT molecular complexity index is 509. The third kappa shape index (κ3) is 2.34. The van der Waals surface area contributed by atoms with Crippen molar-refractivity contribution in [3.05, 3.63) is 17.5 Å². The van der Waals surface area contributed by atoms with Crippen LogP contribution in [-0.4, -0.2) is 38.2 Å². The van der Waals surface area contributed by atoms with Crippen LogP contribution in [0, 0.1) is 12.8 Å². The molecule has 104 valence electrons. The van der Waals surface area contributed by atoms with E-state index in [0.717, 1.165) is 17.7 Å². The maximum atomic E-state index is 12.0. The van der Waals surface area contributed by atoms with Crippen LogP contribution < -0.4 is 0 Å². The summed E-state index contributed by atoms with van der Waals surface area (Å²) < 4.78 is 1.66. The average molecular weight is 265 g/mol. The van der Waals surface area contributed by atoms with Crippen molar-refractivity contribution >= 4 is 11.9 Å². The number of aryl methyl sites for hydroxylation is 2. The first kappa shape index (κ1) is 13.6. The normalized spacial score (nSPS) is 23.1. The van der Waals surface area contributed by atoms with E-state index in [1.54, 1.807) is 16.6 Å². The molecule has 6 heteroatoms. The molecule has 1 N–H and O–H groups in total. The van der Waals surface area contributed by atoms with Crippen molar-refractivity contribution in [2.45, 2.75) is 32.7 Å². The topological polar surface area (TPSA) is 75.4 Å². The highest BCUT2D eigenvalue weighted by Crippen LogP contribution is 2.39. The molecule has 1 amide bonds. The Labute approximate surface area is 112 Å². The summed E-state index contributed by atoms with van der Waals surface area (Å²) in [4.78, 5) is 25.1. The third-order valence-electron chi connectivity index (χ3n) is 3.58. The highest BCUT2D eigenvalue weighted by molar-refractivity contribution is 5.87. The lowest BCUT2D eigenvalue weighted by Crippen LogP contribution is -2.31. The predicted molar refractivity (Wildman–Crippen MR) is 68.4 cm³/mol. The van der Waals surface area contributed by atoms with Crippen molar-refractivity contribution < 1.29 is 14.7 Å². The molecule has 6 nitrogen and oxygen atoms in total. The maximum Gasteiger partial charge on any atom is 0.309 e. The number of hydrogen-bond donors (Lipinski definition) is 1. The van der Waals surface area contributed by atoms with Gasteiger partial charge in [-0.15, -0.1) is 0 Å². The molecule has 0 bridgehead atoms. The molecule has 0 saturated carbocycles. The number of carbonyl (C=O) groups excluding carboxylic acids is 1. The fourth-order valence-corrected chi connectivity index (χ4v) is 2.81. The summed E-state index contributed by atoms with van der Waals surface area (Å²) >= 11 is 0. The first-order chi connectivity index (χ1) is 8.95. The smallest absolute Gasteiger partial charge is 0.309 e. The molecule has 1 fully saturated rings. The number of rotatable bonds is 4. The molecule has 2 unspecified atom stereocenters. The van der Waals surface area contributed by atoms with Crippen LogP contribution in [-0.2, 0) is 16.6 Å². The number of carboxylic acid groups (broad SMARTS) is 1. The van der Waals surface area contributed by atoms with E-state index >= 15 is 0 Å². The Hall–Kier alpha value is -1.85. The largest absolute Gasteiger partial charge is 0.481 e. The number of aliphatic carboxylic acids is 1. The van der Waals surface area contributed by atoms with Crippen LogP contribution in [0.25, 0.3) is 0 Å². The summed E-state index contributed by atoms with van der Waals surface area (Å²) in [6, 6.07) is -0.390. The molecule has 2 atom stereocenters. The van der Waals surface area contributed by atoms with Gasteiger partial charge < -0.3 is 10.0 Å². The third-order valence-corrected chi connectivity index (χ3v) is 3.58. The molecule has 0 spiro atoms. The molecule has 1 saturated heterocycles. The van der Waals surface area contributed by atoms with Gasteiger partial charge in [0.2, 0.25) is 5.91 Å². The van der Waals surface area contributed by atoms with Crippen LogP contribution in [0.5, 0.6) is 0 Å². The molecule has 2 rings (SSSR count). The van der Waals surface area contributed by atoms with E-state index in [1.165, 1.54) is 0 Å². The van der Waals surface area contributed by atoms with E-state index < -0.39 is 17.9 Å². The summed E-state index contributed by atoms with van der Waals surface area (Å²) in [6.07, 6.45) is 2.71. The van der Waals surface area contributed by atoms with Gasteiger partial charge in [-0.2, -0.15) is 5.10 Å². The highest BCUT2D eigenvalue weighted by atomic mass is 16.4. The Morgan fingerprint density at radius 2 is 2.26 bits per heavy atom. The van der Waals surface area contributed by atoms with Crippen LogP contribution in [0.1, 0.15) is 37.1 Å². The van der Waals surface area contributed by atoms with E-state index in [9.17, 15) is 14.7 Å². The second-order valence-corrected chi connectivity index (χ2v) is 5.02. The monoisotopic (exact) mass is 265 g/mol. The van der Waals surface area contributed by atoms with Crippen molar-refractivity contribution in [2.75, 3.05) is 6.54 Å². The number of aromatic nitrogens is 2. The van der Waals surface area contributed by atoms with E-state index in [2.05, 4.69) is 5.10 Å². The Balaban J connectivity index is 2.43. The minimum Gasteiger partial charge on any atom is -0.481 e. The fraction of sp³-hybridized carbons (Fsp3) is 0.615. The van der Waals surface area contributed by atoms with Gasteiger partial charge in [-0.25, -0.2) is 0 Å². The average Bonchev–Trinajstić information content (AvgIpc) is 2.81. The minimum absolute atomic E-state index is 0.0777. The lowest BCUT2D eigenvalue weighted by atomic mass is 9.94. The summed E-state index contributed by atoms with van der Waals surface area (Å²) in [5, 5.41) is 13.6. The van der Waals surface area contributed by atoms with Crippen molar-refractivity contribution in [1.29, 1.82) is 0 Å². The molecule has 2 heterocycles. The van der Waals surface area contributed by atoms with Crippen LogP contribution in [0.3, 0.4) is 0 Å². The van der Waals surface area contributed by atoms with Gasteiger partial charge in [0.05, 0.1) is 17.7 Å². The van der Waals surface area contributed by atoms with E-state index in [-0.39, 0.29) is 12.3 Å². The van der Waals surface area contributed by atoms with Gasteiger partial charge in [0, 0.05) is 31.8 Å². The van der Waals surface area contributed by atoms with Gasteiger partial charge in [0.15, 0.2) is 0 Å². The number of likely N-dealkylation sites (tertiary alicyclic amines) is 1. The van der Waals surface area contributed by atoms with Gasteiger partial charge in [-0.05, 0) is 13.3 Å². The summed E-state index contributed by atoms with van der Waals surface area (Å²) in [5.41, 5.74) is 1.63. The second kappa shape index (κ2) is 5.03. The minimum atomic E-state index is -0.916. The number of amides is 1. The van der Waals surface area contributed by atoms with E-state index in [1.807, 2.05) is 20.0 Å². The highest BCUT2D eigenvalue weighted by Gasteiger charge is 2.45. The van der Waals surface area contributed by atoms with Crippen LogP contribution in [0.4, 0.5) is 0 Å². The summed E-state index contributed by atoms with van der Waals surface area (Å²) in [5.74, 6) is -1.68. The predicted octanol–water partition coefficient (Wildman–Crippen LogP) is 1.11. The molecule has 0 radical (unpaired) electrons. The van der Waals surface area contributed by atoms with Gasteiger partial charge in [0.25, 0.3) is 0 Å². The van der Waals surface area contributed by atoms with Crippen molar-refractivity contribution in [2.24, 2.45) is 13.0 Å². The fourth-order valence-electron chi connectivity index (χ4n) is 2.81. The zero-order valence-electron chi connectivity index (χ0n) is 11.5. The molecule has 0 aromatic carbocycles. The number of carbonyl (C=O) groups is 2. The van der Waals surface area contributed by atoms with Gasteiger partial charge in [-0.3, -0.25) is 14.3 Å². The zero-order chi connectivity index (χ0) is 14.2. The zero-order valence-corrected chi connectivity index (χ0v) is 11.5. The Kier molecular flexibility index (Phi) is 3.59. The molecular weight excluding hydrogens is 246 g/mol. The quantitative estimate of drug-likeness (QED) is 0.885. The second-order valence-electron chi connectivity index (χ2n) is 5.02. The van der Waals surface area contributed by atoms with Crippen molar-refractivity contribution in [3.8, 4) is 0 Å². The molecule has 19 heavy (non-hydrogen) atoms. The van der Waals surface area contributed by atoms with Gasteiger partial charge in [-0.1, -0.05) is 6.92 Å². The molecule has 1 aliphatic heterocycles. The lowest BCUT2D eigenvalue weighted by molar-refractivity contribution is -0.142. The van der Waals surface area contributed by atoms with Crippen LogP contribution >= 0.6 is 0 Å². The molecule has 0 aliphatic carbocycles. The van der Waals surface area contributed by atoms with Crippen molar-refractivity contribution in [1.82, 2.24) is 14.7 Å². The summed E-state index contributed by atoms with van der Waals surface area (Å²) in [6.45, 7) is 4.41. The summed E-state index contributed by atoms with van der Waals surface area (Å²) in [7, 11) is 1.80. The number of carboxylic acids is 1. The van der Waals surface area contributed by atoms with Gasteiger partial charge in [0.1, 0.15) is 0 Å². The number of nitrogens with zero attached hydrogens (tertiary/aromatic N) is 3. The van der Waals surface area contributed by atoms with Gasteiger partial charge >= 0.3 is 5.97 Å².